The Bertz CT molecular complexity index is 1360. The number of anilines is 1. The molecular weight excluding hydrogens is 490 g/mol. The van der Waals surface area contributed by atoms with Crippen LogP contribution in [0.4, 0.5) is 10.2 Å². The van der Waals surface area contributed by atoms with Crippen LogP contribution in [0.5, 0.6) is 0 Å². The molecule has 3 aromatic carbocycles. The van der Waals surface area contributed by atoms with Gasteiger partial charge in [-0.3, -0.25) is 9.59 Å². The fourth-order valence-corrected chi connectivity index (χ4v) is 3.79. The second-order valence-electron chi connectivity index (χ2n) is 7.67. The lowest BCUT2D eigenvalue weighted by atomic mass is 10.1. The number of carbonyl (C=O) groups is 2. The lowest BCUT2D eigenvalue weighted by molar-refractivity contribution is -0.116. The van der Waals surface area contributed by atoms with Crippen molar-refractivity contribution in [2.75, 3.05) is 18.4 Å². The summed E-state index contributed by atoms with van der Waals surface area (Å²) in [4.78, 5) is 27.3. The topological polar surface area (TPSA) is 67.2 Å². The number of aromatic nitrogens is 2. The van der Waals surface area contributed by atoms with E-state index in [-0.39, 0.29) is 23.3 Å². The molecule has 1 heterocycles. The molecule has 0 spiro atoms. The maximum Gasteiger partial charge on any atom is 0.254 e. The summed E-state index contributed by atoms with van der Waals surface area (Å²) in [7, 11) is 0. The normalized spacial score (nSPS) is 10.7. The van der Waals surface area contributed by atoms with Crippen molar-refractivity contribution in [1.82, 2.24) is 14.7 Å². The van der Waals surface area contributed by atoms with Gasteiger partial charge >= 0.3 is 0 Å². The Kier molecular flexibility index (Phi) is 7.48. The lowest BCUT2D eigenvalue weighted by Gasteiger charge is -2.20. The first-order valence-electron chi connectivity index (χ1n) is 10.8. The molecule has 0 saturated carbocycles. The van der Waals surface area contributed by atoms with E-state index in [2.05, 4.69) is 10.4 Å². The Morgan fingerprint density at radius 2 is 1.69 bits per heavy atom. The molecule has 35 heavy (non-hydrogen) atoms. The van der Waals surface area contributed by atoms with Crippen LogP contribution in [-0.2, 0) is 4.79 Å². The highest BCUT2D eigenvalue weighted by Gasteiger charge is 2.20. The Morgan fingerprint density at radius 3 is 2.34 bits per heavy atom. The molecule has 0 radical (unpaired) electrons. The van der Waals surface area contributed by atoms with Crippen LogP contribution < -0.4 is 5.32 Å². The predicted octanol–water partition coefficient (Wildman–Crippen LogP) is 6.09. The molecule has 178 valence electrons. The summed E-state index contributed by atoms with van der Waals surface area (Å²) in [6, 6.07) is 21.6. The van der Waals surface area contributed by atoms with Crippen molar-refractivity contribution in [2.45, 2.75) is 6.92 Å². The molecule has 4 rings (SSSR count). The zero-order chi connectivity index (χ0) is 24.9. The highest BCUT2D eigenvalue weighted by Crippen LogP contribution is 2.26. The van der Waals surface area contributed by atoms with Crippen LogP contribution >= 0.6 is 23.2 Å². The number of benzene rings is 3. The first-order valence-corrected chi connectivity index (χ1v) is 11.6. The minimum atomic E-state index is -0.414. The maximum atomic E-state index is 13.5. The summed E-state index contributed by atoms with van der Waals surface area (Å²) in [6.07, 6.45) is 0. The molecule has 1 aromatic heterocycles. The average molecular weight is 511 g/mol. The molecule has 4 aromatic rings. The number of likely N-dealkylation sites (N-methyl/N-ethyl adjacent to an activating group) is 1. The van der Waals surface area contributed by atoms with Gasteiger partial charge in [0.2, 0.25) is 5.91 Å². The van der Waals surface area contributed by atoms with Gasteiger partial charge in [-0.1, -0.05) is 53.5 Å². The third-order valence-electron chi connectivity index (χ3n) is 5.29. The van der Waals surface area contributed by atoms with Crippen molar-refractivity contribution in [1.29, 1.82) is 0 Å². The van der Waals surface area contributed by atoms with E-state index in [1.54, 1.807) is 31.2 Å². The van der Waals surface area contributed by atoms with E-state index in [4.69, 9.17) is 23.2 Å². The number of hydrogen-bond acceptors (Lipinski definition) is 3. The highest BCUT2D eigenvalue weighted by atomic mass is 35.5. The van der Waals surface area contributed by atoms with Crippen LogP contribution in [0.25, 0.3) is 16.9 Å². The minimum absolute atomic E-state index is 0.190. The number of hydrogen-bond donors (Lipinski definition) is 1. The van der Waals surface area contributed by atoms with E-state index < -0.39 is 5.91 Å². The van der Waals surface area contributed by atoms with E-state index >= 15 is 0 Å². The quantitative estimate of drug-likeness (QED) is 0.327. The third-order valence-corrected chi connectivity index (χ3v) is 6.03. The van der Waals surface area contributed by atoms with Gasteiger partial charge in [0, 0.05) is 23.7 Å². The summed E-state index contributed by atoms with van der Waals surface area (Å²) in [5.74, 6) is -0.756. The summed E-state index contributed by atoms with van der Waals surface area (Å²) in [5.41, 5.74) is 2.39. The number of nitrogens with one attached hydrogen (secondary N) is 1. The highest BCUT2D eigenvalue weighted by molar-refractivity contribution is 6.42. The summed E-state index contributed by atoms with van der Waals surface area (Å²) >= 11 is 12.0. The van der Waals surface area contributed by atoms with Crippen molar-refractivity contribution in [3.8, 4) is 16.9 Å². The van der Waals surface area contributed by atoms with E-state index in [1.165, 1.54) is 33.8 Å². The largest absolute Gasteiger partial charge is 0.330 e. The van der Waals surface area contributed by atoms with Crippen molar-refractivity contribution in [2.24, 2.45) is 0 Å². The lowest BCUT2D eigenvalue weighted by Crippen LogP contribution is -2.38. The molecule has 0 fully saturated rings. The van der Waals surface area contributed by atoms with E-state index in [1.807, 2.05) is 30.3 Å². The van der Waals surface area contributed by atoms with Crippen LogP contribution in [0.2, 0.25) is 10.0 Å². The van der Waals surface area contributed by atoms with Gasteiger partial charge in [0.25, 0.3) is 5.91 Å². The Hall–Kier alpha value is -3.68. The van der Waals surface area contributed by atoms with E-state index in [9.17, 15) is 14.0 Å². The number of carbonyl (C=O) groups excluding carboxylic acids is 2. The van der Waals surface area contributed by atoms with Crippen molar-refractivity contribution < 1.29 is 14.0 Å². The van der Waals surface area contributed by atoms with Gasteiger partial charge in [-0.2, -0.15) is 5.10 Å². The molecule has 0 saturated heterocycles. The number of nitrogens with zero attached hydrogens (tertiary/aromatic N) is 3. The first-order chi connectivity index (χ1) is 16.9. The minimum Gasteiger partial charge on any atom is -0.330 e. The van der Waals surface area contributed by atoms with Gasteiger partial charge in [-0.15, -0.1) is 0 Å². The smallest absolute Gasteiger partial charge is 0.254 e. The molecule has 2 amide bonds. The number of rotatable bonds is 7. The van der Waals surface area contributed by atoms with Crippen LogP contribution in [0.3, 0.4) is 0 Å². The Balaban J connectivity index is 1.58. The van der Waals surface area contributed by atoms with Crippen LogP contribution in [-0.4, -0.2) is 39.6 Å². The van der Waals surface area contributed by atoms with Gasteiger partial charge in [0.1, 0.15) is 18.2 Å². The molecule has 6 nitrogen and oxygen atoms in total. The van der Waals surface area contributed by atoms with Gasteiger partial charge < -0.3 is 10.2 Å². The fraction of sp³-hybridized carbons (Fsp3) is 0.115. The second kappa shape index (κ2) is 10.7. The molecule has 0 unspecified atom stereocenters. The van der Waals surface area contributed by atoms with Gasteiger partial charge in [-0.25, -0.2) is 9.07 Å². The average Bonchev–Trinajstić information content (AvgIpc) is 3.28. The number of halogens is 3. The molecular formula is C26H21Cl2FN4O2. The summed E-state index contributed by atoms with van der Waals surface area (Å²) in [6.45, 7) is 1.89. The van der Waals surface area contributed by atoms with E-state index in [0.29, 0.717) is 34.3 Å². The molecule has 0 aliphatic carbocycles. The Morgan fingerprint density at radius 1 is 0.971 bits per heavy atom. The van der Waals surface area contributed by atoms with Crippen molar-refractivity contribution in [3.63, 3.8) is 0 Å². The monoisotopic (exact) mass is 510 g/mol. The standard InChI is InChI=1S/C26H21Cl2FN4O2/c1-2-32(26(35)18-8-13-21(27)22(28)14-18)16-25(34)30-24-15-23(17-6-4-3-5-7-17)31-33(24)20-11-9-19(29)10-12-20/h3-15H,2,16H2,1H3,(H,30,34). The maximum absolute atomic E-state index is 13.5. The molecule has 0 aliphatic heterocycles. The van der Waals surface area contributed by atoms with Gasteiger partial charge in [-0.05, 0) is 49.4 Å². The predicted molar refractivity (Wildman–Crippen MR) is 136 cm³/mol. The Labute approximate surface area is 211 Å². The number of amides is 2. The van der Waals surface area contributed by atoms with Crippen LogP contribution in [0.1, 0.15) is 17.3 Å². The van der Waals surface area contributed by atoms with Crippen molar-refractivity contribution >= 4 is 40.8 Å². The van der Waals surface area contributed by atoms with Crippen LogP contribution in [0.15, 0.2) is 78.9 Å². The molecule has 9 heteroatoms. The van der Waals surface area contributed by atoms with Gasteiger partial charge in [0.05, 0.1) is 21.4 Å². The summed E-state index contributed by atoms with van der Waals surface area (Å²) in [5, 5.41) is 8.04. The zero-order valence-electron chi connectivity index (χ0n) is 18.7. The third kappa shape index (κ3) is 5.70. The molecule has 1 N–H and O–H groups in total. The summed E-state index contributed by atoms with van der Waals surface area (Å²) < 4.78 is 15.0. The second-order valence-corrected chi connectivity index (χ2v) is 8.48. The fourth-order valence-electron chi connectivity index (χ4n) is 3.49. The van der Waals surface area contributed by atoms with Gasteiger partial charge in [0.15, 0.2) is 0 Å². The first kappa shape index (κ1) is 24.4. The SMILES string of the molecule is CCN(CC(=O)Nc1cc(-c2ccccc2)nn1-c1ccc(F)cc1)C(=O)c1ccc(Cl)c(Cl)c1. The molecule has 0 bridgehead atoms. The van der Waals surface area contributed by atoms with E-state index in [0.717, 1.165) is 5.56 Å². The molecule has 0 atom stereocenters. The van der Waals surface area contributed by atoms with Crippen molar-refractivity contribution in [3.05, 3.63) is 100 Å². The zero-order valence-corrected chi connectivity index (χ0v) is 20.2. The molecule has 0 aliphatic rings. The van der Waals surface area contributed by atoms with Crippen LogP contribution in [0, 0.1) is 5.82 Å².